The summed E-state index contributed by atoms with van der Waals surface area (Å²) in [5.41, 5.74) is 14.6. The lowest BCUT2D eigenvalue weighted by Gasteiger charge is -2.32. The Morgan fingerprint density at radius 2 is 1.59 bits per heavy atom. The van der Waals surface area contributed by atoms with E-state index < -0.39 is 18.2 Å². The van der Waals surface area contributed by atoms with Crippen LogP contribution in [0, 0.1) is 0 Å². The molecule has 14 heteroatoms. The molecule has 7 aromatic rings. The van der Waals surface area contributed by atoms with Crippen LogP contribution in [0.4, 0.5) is 5.82 Å². The first-order valence-corrected chi connectivity index (χ1v) is 20.2. The number of rotatable bonds is 9. The minimum Gasteiger partial charge on any atom is -0.465 e. The topological polar surface area (TPSA) is 176 Å². The molecule has 2 unspecified atom stereocenters. The number of nitrogens with two attached hydrogens (primary N) is 1. The van der Waals surface area contributed by atoms with E-state index in [0.717, 1.165) is 118 Å². The number of aromatic amines is 2. The number of ether oxygens (including phenoxy) is 2. The van der Waals surface area contributed by atoms with Crippen LogP contribution in [-0.2, 0) is 9.53 Å². The fourth-order valence-electron chi connectivity index (χ4n) is 8.84. The molecule has 0 bridgehead atoms. The zero-order valence-electron chi connectivity index (χ0n) is 33.2. The van der Waals surface area contributed by atoms with Crippen LogP contribution in [0.2, 0.25) is 0 Å². The molecule has 10 rings (SSSR count). The molecule has 0 aliphatic carbocycles. The van der Waals surface area contributed by atoms with E-state index in [1.54, 1.807) is 12.4 Å². The second kappa shape index (κ2) is 14.5. The third-order valence-electron chi connectivity index (χ3n) is 11.6. The average molecular weight is 791 g/mol. The summed E-state index contributed by atoms with van der Waals surface area (Å²) in [6.07, 6.45) is 9.99. The number of carbonyl (C=O) groups excluding carboxylic acids is 1. The Balaban J connectivity index is 1.03. The Bertz CT molecular complexity index is 2680. The highest BCUT2D eigenvalue weighted by atomic mass is 16.6. The first-order valence-electron chi connectivity index (χ1n) is 20.2. The molecule has 0 spiro atoms. The largest absolute Gasteiger partial charge is 0.465 e. The second-order valence-electron chi connectivity index (χ2n) is 16.6. The fraction of sp³-hybridized carbons (Fsp3) is 0.311. The van der Waals surface area contributed by atoms with Gasteiger partial charge in [0.05, 0.1) is 70.8 Å². The molecule has 7 heterocycles. The van der Waals surface area contributed by atoms with Gasteiger partial charge in [-0.2, -0.15) is 0 Å². The SMILES string of the molecule is CC(C)(C)OC(O)N1CCC[C@H]1c1ncc(-c2ccc3c(c2)cc2n3C(c3cccc(-c4cnc(N)cn4)c3)Oc3cc(-c4cnc([C@@H]5CCCN5C=O)[nH]4)ccc3-2)[nH]1. The molecule has 3 aromatic carbocycles. The number of amides is 1. The smallest absolute Gasteiger partial charge is 0.217 e. The molecular weight excluding hydrogens is 745 g/mol. The van der Waals surface area contributed by atoms with Gasteiger partial charge in [0.15, 0.2) is 0 Å². The van der Waals surface area contributed by atoms with Crippen molar-refractivity contribution in [1.82, 2.24) is 44.3 Å². The number of fused-ring (bicyclic) bond motifs is 5. The summed E-state index contributed by atoms with van der Waals surface area (Å²) in [6, 6.07) is 23.0. The molecule has 300 valence electrons. The molecule has 2 saturated heterocycles. The highest BCUT2D eigenvalue weighted by Crippen LogP contribution is 2.46. The third kappa shape index (κ3) is 6.82. The maximum absolute atomic E-state index is 11.7. The molecule has 0 radical (unpaired) electrons. The number of aliphatic hydroxyl groups is 1. The number of benzene rings is 3. The van der Waals surface area contributed by atoms with Crippen LogP contribution in [0.15, 0.2) is 91.5 Å². The maximum Gasteiger partial charge on any atom is 0.217 e. The van der Waals surface area contributed by atoms with Crippen LogP contribution in [0.25, 0.3) is 55.9 Å². The average Bonchev–Trinajstić information content (AvgIpc) is 4.09. The predicted molar refractivity (Wildman–Crippen MR) is 223 cm³/mol. The van der Waals surface area contributed by atoms with Gasteiger partial charge in [-0.05, 0) is 82.9 Å². The van der Waals surface area contributed by atoms with Crippen LogP contribution in [0.1, 0.15) is 82.0 Å². The van der Waals surface area contributed by atoms with Crippen molar-refractivity contribution in [2.75, 3.05) is 18.8 Å². The van der Waals surface area contributed by atoms with Gasteiger partial charge in [0.1, 0.15) is 23.2 Å². The number of nitrogens with zero attached hydrogens (tertiary/aromatic N) is 7. The van der Waals surface area contributed by atoms with Crippen LogP contribution in [0.5, 0.6) is 5.75 Å². The Labute approximate surface area is 341 Å². The van der Waals surface area contributed by atoms with Crippen molar-refractivity contribution in [2.45, 2.75) is 76.8 Å². The Morgan fingerprint density at radius 1 is 0.847 bits per heavy atom. The van der Waals surface area contributed by atoms with Crippen molar-refractivity contribution in [2.24, 2.45) is 0 Å². The number of imidazole rings is 2. The molecular formula is C45H46N10O4. The zero-order valence-corrected chi connectivity index (χ0v) is 33.2. The van der Waals surface area contributed by atoms with E-state index in [1.165, 1.54) is 0 Å². The number of nitrogen functional groups attached to an aromatic ring is 1. The molecule has 5 N–H and O–H groups in total. The number of aliphatic hydroxyl groups excluding tert-OH is 1. The molecule has 1 amide bonds. The van der Waals surface area contributed by atoms with Gasteiger partial charge in [-0.15, -0.1) is 0 Å². The third-order valence-corrected chi connectivity index (χ3v) is 11.6. The highest BCUT2D eigenvalue weighted by molar-refractivity contribution is 5.92. The van der Waals surface area contributed by atoms with Gasteiger partial charge < -0.3 is 39.7 Å². The number of carbonyl (C=O) groups is 1. The van der Waals surface area contributed by atoms with E-state index in [2.05, 4.69) is 79.1 Å². The molecule has 3 aliphatic heterocycles. The van der Waals surface area contributed by atoms with Crippen LogP contribution < -0.4 is 10.5 Å². The lowest BCUT2D eigenvalue weighted by Crippen LogP contribution is -2.41. The number of aromatic nitrogens is 7. The number of hydrogen-bond acceptors (Lipinski definition) is 10. The van der Waals surface area contributed by atoms with Gasteiger partial charge in [-0.1, -0.05) is 30.3 Å². The zero-order chi connectivity index (χ0) is 40.4. The Hall–Kier alpha value is -6.35. The van der Waals surface area contributed by atoms with Crippen molar-refractivity contribution >= 4 is 23.1 Å². The summed E-state index contributed by atoms with van der Waals surface area (Å²) in [5, 5.41) is 12.0. The van der Waals surface area contributed by atoms with Gasteiger partial charge >= 0.3 is 0 Å². The lowest BCUT2D eigenvalue weighted by atomic mass is 10.0. The maximum atomic E-state index is 11.7. The molecule has 3 aliphatic rings. The van der Waals surface area contributed by atoms with E-state index >= 15 is 0 Å². The number of nitrogens with one attached hydrogen (secondary N) is 2. The van der Waals surface area contributed by atoms with Gasteiger partial charge in [0.25, 0.3) is 0 Å². The van der Waals surface area contributed by atoms with Crippen molar-refractivity contribution in [3.63, 3.8) is 0 Å². The Kier molecular flexibility index (Phi) is 9.07. The summed E-state index contributed by atoms with van der Waals surface area (Å²) in [5.74, 6) is 2.70. The molecule has 59 heavy (non-hydrogen) atoms. The van der Waals surface area contributed by atoms with Gasteiger partial charge in [-0.3, -0.25) is 9.78 Å². The standard InChI is InChI=1S/C45H46N10O4/c1-45(2,3)59-44(57)54-16-6-10-37(54)42-50-22-33(52-42)27-12-14-35-30(18-27)19-38-31-13-11-28(34-23-49-41(51-34)36-9-5-15-53(36)25-56)20-39(31)58-43(55(35)38)29-8-4-7-26(17-29)32-21-48-40(46)24-47-32/h4,7-8,11-14,17-25,36-37,43-44,57H,5-6,9-10,15-16H2,1-3H3,(H2,46,48)(H,49,51)(H,50,52)/t36-,37-,43?,44?/m0/s1. The summed E-state index contributed by atoms with van der Waals surface area (Å²) >= 11 is 0. The summed E-state index contributed by atoms with van der Waals surface area (Å²) in [6.45, 7) is 7.29. The summed E-state index contributed by atoms with van der Waals surface area (Å²) < 4.78 is 15.2. The minimum absolute atomic E-state index is 0.0511. The molecule has 0 saturated carbocycles. The van der Waals surface area contributed by atoms with E-state index in [0.29, 0.717) is 11.5 Å². The first kappa shape index (κ1) is 37.0. The molecule has 4 aromatic heterocycles. The predicted octanol–water partition coefficient (Wildman–Crippen LogP) is 7.59. The minimum atomic E-state index is -1.02. The van der Waals surface area contributed by atoms with E-state index in [4.69, 9.17) is 25.2 Å². The number of likely N-dealkylation sites (tertiary alicyclic amines) is 2. The highest BCUT2D eigenvalue weighted by Gasteiger charge is 2.36. The fourth-order valence-corrected chi connectivity index (χ4v) is 8.84. The molecule has 4 atom stereocenters. The first-order chi connectivity index (χ1) is 28.6. The quantitative estimate of drug-likeness (QED) is 0.0842. The Morgan fingerprint density at radius 3 is 2.36 bits per heavy atom. The number of hydrogen-bond donors (Lipinski definition) is 4. The van der Waals surface area contributed by atoms with Crippen molar-refractivity contribution < 1.29 is 19.4 Å². The van der Waals surface area contributed by atoms with E-state index in [9.17, 15) is 9.90 Å². The van der Waals surface area contributed by atoms with Gasteiger partial charge in [0, 0.05) is 46.3 Å². The van der Waals surface area contributed by atoms with Crippen LogP contribution in [-0.4, -0.2) is 80.9 Å². The summed E-state index contributed by atoms with van der Waals surface area (Å²) in [4.78, 5) is 40.8. The normalized spacial score (nSPS) is 19.8. The lowest BCUT2D eigenvalue weighted by molar-refractivity contribution is -0.243. The van der Waals surface area contributed by atoms with Crippen LogP contribution in [0.3, 0.4) is 0 Å². The summed E-state index contributed by atoms with van der Waals surface area (Å²) in [7, 11) is 0. The second-order valence-corrected chi connectivity index (χ2v) is 16.6. The van der Waals surface area contributed by atoms with Crippen molar-refractivity contribution in [3.8, 4) is 50.8 Å². The number of H-pyrrole nitrogens is 2. The molecule has 2 fully saturated rings. The number of anilines is 1. The van der Waals surface area contributed by atoms with Crippen LogP contribution >= 0.6 is 0 Å². The van der Waals surface area contributed by atoms with Crippen molar-refractivity contribution in [1.29, 1.82) is 0 Å². The van der Waals surface area contributed by atoms with Gasteiger partial charge in [-0.25, -0.2) is 19.9 Å². The van der Waals surface area contributed by atoms with Gasteiger partial charge in [0.2, 0.25) is 19.1 Å². The monoisotopic (exact) mass is 790 g/mol. The van der Waals surface area contributed by atoms with E-state index in [1.807, 2.05) is 55.1 Å². The van der Waals surface area contributed by atoms with E-state index in [-0.39, 0.29) is 12.1 Å². The molecule has 14 nitrogen and oxygen atoms in total. The van der Waals surface area contributed by atoms with Crippen molar-refractivity contribution in [3.05, 3.63) is 109 Å².